The SMILES string of the molecule is NC(=O)Cc1ccc(O)c(O)c1. The number of carbonyl (C=O) groups excluding carboxylic acids is 1. The summed E-state index contributed by atoms with van der Waals surface area (Å²) in [6, 6.07) is 4.15. The van der Waals surface area contributed by atoms with E-state index >= 15 is 0 Å². The summed E-state index contributed by atoms with van der Waals surface area (Å²) >= 11 is 0. The van der Waals surface area contributed by atoms with Crippen molar-refractivity contribution >= 4 is 5.91 Å². The highest BCUT2D eigenvalue weighted by atomic mass is 16.3. The summed E-state index contributed by atoms with van der Waals surface area (Å²) in [6.45, 7) is 0. The highest BCUT2D eigenvalue weighted by molar-refractivity contribution is 5.76. The van der Waals surface area contributed by atoms with Gasteiger partial charge in [-0.1, -0.05) is 6.07 Å². The van der Waals surface area contributed by atoms with Crippen molar-refractivity contribution in [2.75, 3.05) is 0 Å². The molecule has 12 heavy (non-hydrogen) atoms. The molecule has 4 N–H and O–H groups in total. The van der Waals surface area contributed by atoms with Crippen LogP contribution in [0.25, 0.3) is 0 Å². The van der Waals surface area contributed by atoms with E-state index in [0.29, 0.717) is 5.56 Å². The van der Waals surface area contributed by atoms with Gasteiger partial charge in [0.05, 0.1) is 6.42 Å². The first-order chi connectivity index (χ1) is 5.59. The Morgan fingerprint density at radius 1 is 1.33 bits per heavy atom. The molecule has 0 bridgehead atoms. The number of hydrogen-bond acceptors (Lipinski definition) is 3. The van der Waals surface area contributed by atoms with Crippen LogP contribution in [0.2, 0.25) is 0 Å². The maximum Gasteiger partial charge on any atom is 0.221 e. The van der Waals surface area contributed by atoms with E-state index in [1.807, 2.05) is 0 Å². The second-order valence-corrected chi connectivity index (χ2v) is 2.47. The quantitative estimate of drug-likeness (QED) is 0.547. The van der Waals surface area contributed by atoms with E-state index in [1.165, 1.54) is 18.2 Å². The van der Waals surface area contributed by atoms with Gasteiger partial charge in [-0.25, -0.2) is 0 Å². The van der Waals surface area contributed by atoms with Gasteiger partial charge in [0.2, 0.25) is 5.91 Å². The fourth-order valence-corrected chi connectivity index (χ4v) is 0.880. The van der Waals surface area contributed by atoms with Crippen molar-refractivity contribution in [3.05, 3.63) is 23.8 Å². The van der Waals surface area contributed by atoms with Gasteiger partial charge in [-0.15, -0.1) is 0 Å². The third-order valence-corrected chi connectivity index (χ3v) is 1.42. The van der Waals surface area contributed by atoms with E-state index in [1.54, 1.807) is 0 Å². The van der Waals surface area contributed by atoms with Crippen molar-refractivity contribution in [1.29, 1.82) is 0 Å². The summed E-state index contributed by atoms with van der Waals surface area (Å²) in [5.74, 6) is -0.919. The number of hydrogen-bond donors (Lipinski definition) is 3. The first-order valence-electron chi connectivity index (χ1n) is 3.39. The van der Waals surface area contributed by atoms with Crippen LogP contribution in [0.3, 0.4) is 0 Å². The van der Waals surface area contributed by atoms with Crippen LogP contribution in [0.15, 0.2) is 18.2 Å². The van der Waals surface area contributed by atoms with Gasteiger partial charge in [0.1, 0.15) is 0 Å². The van der Waals surface area contributed by atoms with Crippen molar-refractivity contribution in [1.82, 2.24) is 0 Å². The van der Waals surface area contributed by atoms with Gasteiger partial charge in [-0.05, 0) is 17.7 Å². The number of carbonyl (C=O) groups is 1. The zero-order chi connectivity index (χ0) is 9.14. The smallest absolute Gasteiger partial charge is 0.221 e. The van der Waals surface area contributed by atoms with Crippen LogP contribution in [0, 0.1) is 0 Å². The Bertz CT molecular complexity index is 309. The Hall–Kier alpha value is -1.71. The van der Waals surface area contributed by atoms with E-state index in [9.17, 15) is 4.79 Å². The maximum atomic E-state index is 10.4. The maximum absolute atomic E-state index is 10.4. The second-order valence-electron chi connectivity index (χ2n) is 2.47. The number of aromatic hydroxyl groups is 2. The predicted octanol–water partition coefficient (Wildman–Crippen LogP) is 0.126. The van der Waals surface area contributed by atoms with Gasteiger partial charge < -0.3 is 15.9 Å². The Balaban J connectivity index is 2.89. The number of phenols is 2. The Morgan fingerprint density at radius 3 is 2.50 bits per heavy atom. The first-order valence-corrected chi connectivity index (χ1v) is 3.39. The number of amides is 1. The van der Waals surface area contributed by atoms with Crippen LogP contribution in [0.1, 0.15) is 5.56 Å². The molecule has 1 aromatic carbocycles. The molecule has 64 valence electrons. The first kappa shape index (κ1) is 8.39. The molecular weight excluding hydrogens is 158 g/mol. The van der Waals surface area contributed by atoms with Crippen molar-refractivity contribution in [3.63, 3.8) is 0 Å². The van der Waals surface area contributed by atoms with Gasteiger partial charge in [-0.2, -0.15) is 0 Å². The molecule has 0 saturated carbocycles. The van der Waals surface area contributed by atoms with Crippen molar-refractivity contribution in [2.24, 2.45) is 5.73 Å². The molecule has 0 saturated heterocycles. The van der Waals surface area contributed by atoms with E-state index in [-0.39, 0.29) is 17.9 Å². The minimum atomic E-state index is -0.472. The number of phenolic OH excluding ortho intramolecular Hbond substituents is 2. The van der Waals surface area contributed by atoms with Crippen LogP contribution in [0.4, 0.5) is 0 Å². The second kappa shape index (κ2) is 3.13. The van der Waals surface area contributed by atoms with Crippen LogP contribution in [0.5, 0.6) is 11.5 Å². The van der Waals surface area contributed by atoms with Crippen LogP contribution in [-0.4, -0.2) is 16.1 Å². The average molecular weight is 167 g/mol. The Kier molecular flexibility index (Phi) is 2.19. The highest BCUT2D eigenvalue weighted by Gasteiger charge is 2.02. The van der Waals surface area contributed by atoms with E-state index < -0.39 is 5.91 Å². The normalized spacial score (nSPS) is 9.67. The lowest BCUT2D eigenvalue weighted by molar-refractivity contribution is -0.117. The monoisotopic (exact) mass is 167 g/mol. The zero-order valence-corrected chi connectivity index (χ0v) is 6.32. The fraction of sp³-hybridized carbons (Fsp3) is 0.125. The summed E-state index contributed by atoms with van der Waals surface area (Å²) < 4.78 is 0. The topological polar surface area (TPSA) is 83.6 Å². The molecule has 4 nitrogen and oxygen atoms in total. The molecule has 0 aromatic heterocycles. The van der Waals surface area contributed by atoms with Gasteiger partial charge in [-0.3, -0.25) is 4.79 Å². The predicted molar refractivity (Wildman–Crippen MR) is 42.7 cm³/mol. The molecule has 0 spiro atoms. The molecule has 4 heteroatoms. The third-order valence-electron chi connectivity index (χ3n) is 1.42. The summed E-state index contributed by atoms with van der Waals surface area (Å²) in [4.78, 5) is 10.4. The van der Waals surface area contributed by atoms with Crippen molar-refractivity contribution < 1.29 is 15.0 Å². The number of benzene rings is 1. The summed E-state index contributed by atoms with van der Waals surface area (Å²) in [5.41, 5.74) is 5.51. The Morgan fingerprint density at radius 2 is 2.00 bits per heavy atom. The lowest BCUT2D eigenvalue weighted by Crippen LogP contribution is -2.13. The molecule has 0 aliphatic carbocycles. The lowest BCUT2D eigenvalue weighted by Gasteiger charge is -2.00. The average Bonchev–Trinajstić information content (AvgIpc) is 1.96. The van der Waals surface area contributed by atoms with Crippen LogP contribution < -0.4 is 5.73 Å². The number of primary amides is 1. The largest absolute Gasteiger partial charge is 0.504 e. The van der Waals surface area contributed by atoms with Gasteiger partial charge in [0, 0.05) is 0 Å². The van der Waals surface area contributed by atoms with E-state index in [2.05, 4.69) is 0 Å². The summed E-state index contributed by atoms with van der Waals surface area (Å²) in [7, 11) is 0. The van der Waals surface area contributed by atoms with Crippen molar-refractivity contribution in [3.8, 4) is 11.5 Å². The molecule has 0 fully saturated rings. The number of nitrogens with two attached hydrogens (primary N) is 1. The minimum Gasteiger partial charge on any atom is -0.504 e. The molecule has 0 aliphatic heterocycles. The molecule has 0 unspecified atom stereocenters. The summed E-state index contributed by atoms with van der Waals surface area (Å²) in [6.07, 6.45) is 0.0633. The standard InChI is InChI=1S/C8H9NO3/c9-8(12)4-5-1-2-6(10)7(11)3-5/h1-3,10-11H,4H2,(H2,9,12). The molecular formula is C8H9NO3. The molecule has 0 aliphatic rings. The van der Waals surface area contributed by atoms with Gasteiger partial charge in [0.25, 0.3) is 0 Å². The molecule has 0 radical (unpaired) electrons. The van der Waals surface area contributed by atoms with E-state index in [0.717, 1.165) is 0 Å². The molecule has 0 atom stereocenters. The zero-order valence-electron chi connectivity index (χ0n) is 6.32. The van der Waals surface area contributed by atoms with Gasteiger partial charge in [0.15, 0.2) is 11.5 Å². The Labute approximate surface area is 69.3 Å². The fourth-order valence-electron chi connectivity index (χ4n) is 0.880. The molecule has 1 amide bonds. The summed E-state index contributed by atoms with van der Waals surface area (Å²) in [5, 5.41) is 17.9. The minimum absolute atomic E-state index is 0.0633. The molecule has 1 rings (SSSR count). The van der Waals surface area contributed by atoms with Crippen LogP contribution in [-0.2, 0) is 11.2 Å². The molecule has 0 heterocycles. The van der Waals surface area contributed by atoms with Crippen LogP contribution >= 0.6 is 0 Å². The molecule has 1 aromatic rings. The van der Waals surface area contributed by atoms with E-state index in [4.69, 9.17) is 15.9 Å². The third kappa shape index (κ3) is 1.88. The highest BCUT2D eigenvalue weighted by Crippen LogP contribution is 2.24. The number of rotatable bonds is 2. The lowest BCUT2D eigenvalue weighted by atomic mass is 10.1. The van der Waals surface area contributed by atoms with Gasteiger partial charge >= 0.3 is 0 Å². The van der Waals surface area contributed by atoms with Crippen molar-refractivity contribution in [2.45, 2.75) is 6.42 Å².